The van der Waals surface area contributed by atoms with Crippen molar-refractivity contribution in [2.75, 3.05) is 18.4 Å². The molecule has 7 nitrogen and oxygen atoms in total. The summed E-state index contributed by atoms with van der Waals surface area (Å²) in [6, 6.07) is 17.5. The highest BCUT2D eigenvalue weighted by atomic mass is 16.2. The van der Waals surface area contributed by atoms with Crippen LogP contribution in [0.4, 0.5) is 11.6 Å². The van der Waals surface area contributed by atoms with Crippen LogP contribution >= 0.6 is 0 Å². The van der Waals surface area contributed by atoms with Gasteiger partial charge < -0.3 is 15.2 Å². The third kappa shape index (κ3) is 4.19. The number of nitrogens with zero attached hydrogens (tertiary/aromatic N) is 4. The number of aromatic amines is 1. The number of para-hydroxylation sites is 2. The van der Waals surface area contributed by atoms with Gasteiger partial charge >= 0.3 is 0 Å². The Balaban J connectivity index is 1.21. The summed E-state index contributed by atoms with van der Waals surface area (Å²) in [4.78, 5) is 31.9. The lowest BCUT2D eigenvalue weighted by molar-refractivity contribution is 0.0711. The molecule has 1 saturated heterocycles. The first kappa shape index (κ1) is 20.2. The molecule has 1 aliphatic heterocycles. The maximum absolute atomic E-state index is 13.0. The van der Waals surface area contributed by atoms with Crippen molar-refractivity contribution in [1.82, 2.24) is 24.8 Å². The van der Waals surface area contributed by atoms with Crippen LogP contribution < -0.4 is 5.32 Å². The number of carbonyl (C=O) groups is 1. The molecule has 0 radical (unpaired) electrons. The first-order valence-electron chi connectivity index (χ1n) is 11.0. The van der Waals surface area contributed by atoms with Crippen molar-refractivity contribution in [2.24, 2.45) is 0 Å². The van der Waals surface area contributed by atoms with Crippen LogP contribution in [0.5, 0.6) is 0 Å². The predicted molar refractivity (Wildman–Crippen MR) is 125 cm³/mol. The van der Waals surface area contributed by atoms with E-state index in [0.29, 0.717) is 17.4 Å². The number of anilines is 2. The van der Waals surface area contributed by atoms with Crippen LogP contribution in [0.15, 0.2) is 54.6 Å². The molecule has 0 unspecified atom stereocenters. The normalized spacial score (nSPS) is 14.6. The third-order valence-electron chi connectivity index (χ3n) is 5.95. The highest BCUT2D eigenvalue weighted by Crippen LogP contribution is 2.28. The smallest absolute Gasteiger partial charge is 0.253 e. The fourth-order valence-electron chi connectivity index (χ4n) is 4.31. The van der Waals surface area contributed by atoms with Crippen molar-refractivity contribution in [1.29, 1.82) is 0 Å². The molecule has 3 heterocycles. The Kier molecular flexibility index (Phi) is 5.31. The fourth-order valence-corrected chi connectivity index (χ4v) is 4.31. The van der Waals surface area contributed by atoms with Gasteiger partial charge in [0.25, 0.3) is 5.91 Å². The van der Waals surface area contributed by atoms with Gasteiger partial charge in [-0.15, -0.1) is 0 Å². The van der Waals surface area contributed by atoms with Crippen LogP contribution in [0.3, 0.4) is 0 Å². The Morgan fingerprint density at radius 2 is 1.66 bits per heavy atom. The Bertz CT molecular complexity index is 1200. The molecule has 32 heavy (non-hydrogen) atoms. The molecule has 1 aliphatic rings. The number of likely N-dealkylation sites (tertiary alicyclic amines) is 1. The molecule has 0 spiro atoms. The van der Waals surface area contributed by atoms with E-state index in [1.165, 1.54) is 0 Å². The molecule has 7 heteroatoms. The molecule has 162 valence electrons. The minimum Gasteiger partial charge on any atom is -0.342 e. The molecule has 0 saturated carbocycles. The van der Waals surface area contributed by atoms with Gasteiger partial charge in [-0.05, 0) is 69.2 Å². The summed E-state index contributed by atoms with van der Waals surface area (Å²) in [6.07, 6.45) is 1.82. The van der Waals surface area contributed by atoms with E-state index in [1.807, 2.05) is 67.3 Å². The largest absolute Gasteiger partial charge is 0.342 e. The minimum absolute atomic E-state index is 0.0715. The molecule has 0 atom stereocenters. The van der Waals surface area contributed by atoms with Crippen LogP contribution in [0.2, 0.25) is 0 Å². The topological polar surface area (TPSA) is 86.8 Å². The highest BCUT2D eigenvalue weighted by Gasteiger charge is 2.26. The van der Waals surface area contributed by atoms with Crippen LogP contribution in [0.1, 0.15) is 46.3 Å². The number of amides is 1. The Hall–Kier alpha value is -3.74. The number of hydrogen-bond acceptors (Lipinski definition) is 5. The van der Waals surface area contributed by atoms with Gasteiger partial charge in [-0.25, -0.2) is 15.0 Å². The maximum atomic E-state index is 13.0. The van der Waals surface area contributed by atoms with Crippen LogP contribution in [0.25, 0.3) is 11.0 Å². The van der Waals surface area contributed by atoms with Gasteiger partial charge in [-0.3, -0.25) is 4.79 Å². The van der Waals surface area contributed by atoms with E-state index in [9.17, 15) is 4.79 Å². The van der Waals surface area contributed by atoms with Crippen LogP contribution in [-0.4, -0.2) is 43.8 Å². The van der Waals surface area contributed by atoms with E-state index >= 15 is 0 Å². The maximum Gasteiger partial charge on any atom is 0.253 e. The molecule has 0 aliphatic carbocycles. The number of aromatic nitrogens is 4. The summed E-state index contributed by atoms with van der Waals surface area (Å²) in [6.45, 7) is 5.35. The van der Waals surface area contributed by atoms with Crippen molar-refractivity contribution in [3.8, 4) is 0 Å². The Morgan fingerprint density at radius 1 is 0.969 bits per heavy atom. The van der Waals surface area contributed by atoms with Gasteiger partial charge in [-0.1, -0.05) is 12.1 Å². The van der Waals surface area contributed by atoms with E-state index in [4.69, 9.17) is 4.98 Å². The summed E-state index contributed by atoms with van der Waals surface area (Å²) in [5.74, 6) is 2.02. The number of piperidine rings is 1. The monoisotopic (exact) mass is 426 g/mol. The molecule has 1 amide bonds. The van der Waals surface area contributed by atoms with E-state index in [-0.39, 0.29) is 5.91 Å². The zero-order chi connectivity index (χ0) is 22.1. The predicted octanol–water partition coefficient (Wildman–Crippen LogP) is 4.73. The average Bonchev–Trinajstić information content (AvgIpc) is 3.23. The quantitative estimate of drug-likeness (QED) is 0.492. The van der Waals surface area contributed by atoms with Gasteiger partial charge in [-0.2, -0.15) is 0 Å². The summed E-state index contributed by atoms with van der Waals surface area (Å²) >= 11 is 0. The number of imidazole rings is 1. The SMILES string of the molecule is Cc1cc(C)nc(Nc2ccc(C(=O)N3CCC(c4nc5ccccc5[nH]4)CC3)cc2)n1. The van der Waals surface area contributed by atoms with Gasteiger partial charge in [0.2, 0.25) is 5.95 Å². The summed E-state index contributed by atoms with van der Waals surface area (Å²) in [5, 5.41) is 3.21. The zero-order valence-corrected chi connectivity index (χ0v) is 18.3. The van der Waals surface area contributed by atoms with Crippen molar-refractivity contribution < 1.29 is 4.79 Å². The lowest BCUT2D eigenvalue weighted by Crippen LogP contribution is -2.38. The number of aryl methyl sites for hydroxylation is 2. The number of fused-ring (bicyclic) bond motifs is 1. The average molecular weight is 427 g/mol. The second-order valence-corrected chi connectivity index (χ2v) is 8.38. The number of rotatable bonds is 4. The summed E-state index contributed by atoms with van der Waals surface area (Å²) in [7, 11) is 0. The van der Waals surface area contributed by atoms with Crippen molar-refractivity contribution >= 4 is 28.6 Å². The number of hydrogen-bond donors (Lipinski definition) is 2. The lowest BCUT2D eigenvalue weighted by Gasteiger charge is -2.31. The second-order valence-electron chi connectivity index (χ2n) is 8.38. The van der Waals surface area contributed by atoms with Crippen LogP contribution in [-0.2, 0) is 0 Å². The Labute approximate surface area is 186 Å². The fraction of sp³-hybridized carbons (Fsp3) is 0.280. The minimum atomic E-state index is 0.0715. The third-order valence-corrected chi connectivity index (χ3v) is 5.95. The van der Waals surface area contributed by atoms with Gasteiger partial charge in [0.1, 0.15) is 5.82 Å². The van der Waals surface area contributed by atoms with Crippen molar-refractivity contribution in [2.45, 2.75) is 32.6 Å². The first-order valence-corrected chi connectivity index (χ1v) is 11.0. The molecule has 2 aromatic heterocycles. The number of carbonyl (C=O) groups excluding carboxylic acids is 1. The number of H-pyrrole nitrogens is 1. The lowest BCUT2D eigenvalue weighted by atomic mass is 9.95. The molecular weight excluding hydrogens is 400 g/mol. The standard InChI is InChI=1S/C25H26N6O/c1-16-15-17(2)27-25(26-16)28-20-9-7-19(8-10-20)24(32)31-13-11-18(12-14-31)23-29-21-5-3-4-6-22(21)30-23/h3-10,15,18H,11-14H2,1-2H3,(H,29,30)(H,26,27,28). The molecule has 2 aromatic carbocycles. The van der Waals surface area contributed by atoms with E-state index in [2.05, 4.69) is 26.3 Å². The summed E-state index contributed by atoms with van der Waals surface area (Å²) < 4.78 is 0. The molecule has 1 fully saturated rings. The molecule has 0 bridgehead atoms. The zero-order valence-electron chi connectivity index (χ0n) is 18.3. The first-order chi connectivity index (χ1) is 15.5. The van der Waals surface area contributed by atoms with Crippen molar-refractivity contribution in [3.63, 3.8) is 0 Å². The van der Waals surface area contributed by atoms with Crippen LogP contribution in [0, 0.1) is 13.8 Å². The van der Waals surface area contributed by atoms with Gasteiger partial charge in [0.05, 0.1) is 11.0 Å². The van der Waals surface area contributed by atoms with E-state index in [0.717, 1.165) is 59.9 Å². The molecular formula is C25H26N6O. The van der Waals surface area contributed by atoms with Gasteiger partial charge in [0, 0.05) is 41.6 Å². The summed E-state index contributed by atoms with van der Waals surface area (Å²) in [5.41, 5.74) is 5.45. The number of benzene rings is 2. The molecule has 4 aromatic rings. The van der Waals surface area contributed by atoms with E-state index < -0.39 is 0 Å². The van der Waals surface area contributed by atoms with Gasteiger partial charge in [0.15, 0.2) is 0 Å². The second kappa shape index (κ2) is 8.42. The van der Waals surface area contributed by atoms with E-state index in [1.54, 1.807) is 0 Å². The molecule has 2 N–H and O–H groups in total. The number of nitrogens with one attached hydrogen (secondary N) is 2. The highest BCUT2D eigenvalue weighted by molar-refractivity contribution is 5.94. The van der Waals surface area contributed by atoms with Crippen molar-refractivity contribution in [3.05, 3.63) is 77.4 Å². The Morgan fingerprint density at radius 3 is 2.34 bits per heavy atom. The molecule has 5 rings (SSSR count).